The third kappa shape index (κ3) is 3.67. The lowest BCUT2D eigenvalue weighted by Gasteiger charge is -2.29. The Bertz CT molecular complexity index is 318. The highest BCUT2D eigenvalue weighted by Gasteiger charge is 2.44. The zero-order valence-electron chi connectivity index (χ0n) is 11.6. The first-order valence-corrected chi connectivity index (χ1v) is 6.78. The van der Waals surface area contributed by atoms with Crippen molar-refractivity contribution in [3.8, 4) is 0 Å². The van der Waals surface area contributed by atoms with Crippen molar-refractivity contribution in [2.24, 2.45) is 11.8 Å². The maximum absolute atomic E-state index is 10.4. The summed E-state index contributed by atoms with van der Waals surface area (Å²) in [4.78, 5) is 0. The molecule has 0 heterocycles. The van der Waals surface area contributed by atoms with Crippen LogP contribution in [-0.4, -0.2) is 33.6 Å². The standard InChI is InChI=1S/C15H26O3/c1-4-14(17)12-7-9-15(3,18)13(12)6-5-11(2)8-10-16/h5-6,8,12-14,16-18H,4,7,9-10H2,1-3H3. The zero-order valence-corrected chi connectivity index (χ0v) is 11.6. The van der Waals surface area contributed by atoms with Crippen LogP contribution in [0.4, 0.5) is 0 Å². The molecule has 1 rings (SSSR count). The number of rotatable bonds is 5. The number of aliphatic hydroxyl groups is 3. The van der Waals surface area contributed by atoms with Crippen LogP contribution in [0.25, 0.3) is 0 Å². The fourth-order valence-electron chi connectivity index (χ4n) is 2.82. The molecule has 0 bridgehead atoms. The maximum Gasteiger partial charge on any atom is 0.0685 e. The van der Waals surface area contributed by atoms with Gasteiger partial charge in [-0.05, 0) is 39.0 Å². The van der Waals surface area contributed by atoms with Gasteiger partial charge in [0.1, 0.15) is 0 Å². The molecule has 0 radical (unpaired) electrons. The van der Waals surface area contributed by atoms with Gasteiger partial charge in [-0.25, -0.2) is 0 Å². The minimum absolute atomic E-state index is 0.0190. The molecule has 0 aromatic carbocycles. The van der Waals surface area contributed by atoms with Crippen LogP contribution in [0.2, 0.25) is 0 Å². The molecule has 1 fully saturated rings. The summed E-state index contributed by atoms with van der Waals surface area (Å²) in [5, 5.41) is 29.2. The van der Waals surface area contributed by atoms with Crippen molar-refractivity contribution < 1.29 is 15.3 Å². The molecule has 0 amide bonds. The average molecular weight is 254 g/mol. The minimum atomic E-state index is -0.739. The Morgan fingerprint density at radius 3 is 2.72 bits per heavy atom. The summed E-state index contributed by atoms with van der Waals surface area (Å²) in [7, 11) is 0. The lowest BCUT2D eigenvalue weighted by atomic mass is 9.83. The van der Waals surface area contributed by atoms with Gasteiger partial charge in [-0.3, -0.25) is 0 Å². The van der Waals surface area contributed by atoms with E-state index < -0.39 is 5.60 Å². The van der Waals surface area contributed by atoms with Gasteiger partial charge in [0, 0.05) is 5.92 Å². The van der Waals surface area contributed by atoms with Crippen molar-refractivity contribution in [1.82, 2.24) is 0 Å². The van der Waals surface area contributed by atoms with Crippen LogP contribution in [0, 0.1) is 11.8 Å². The topological polar surface area (TPSA) is 60.7 Å². The van der Waals surface area contributed by atoms with Crippen LogP contribution in [0.15, 0.2) is 23.8 Å². The predicted octanol–water partition coefficient (Wildman–Crippen LogP) is 2.03. The number of hydrogen-bond donors (Lipinski definition) is 3. The zero-order chi connectivity index (χ0) is 13.8. The van der Waals surface area contributed by atoms with E-state index in [0.29, 0.717) is 0 Å². The van der Waals surface area contributed by atoms with Gasteiger partial charge in [0.25, 0.3) is 0 Å². The first kappa shape index (κ1) is 15.4. The van der Waals surface area contributed by atoms with Crippen molar-refractivity contribution in [1.29, 1.82) is 0 Å². The van der Waals surface area contributed by atoms with E-state index in [1.807, 2.05) is 32.9 Å². The second-order valence-electron chi connectivity index (χ2n) is 5.55. The number of allylic oxidation sites excluding steroid dienone is 2. The molecule has 0 aromatic heterocycles. The molecule has 4 unspecified atom stereocenters. The Balaban J connectivity index is 2.83. The Morgan fingerprint density at radius 2 is 2.17 bits per heavy atom. The third-order valence-corrected chi connectivity index (χ3v) is 4.06. The Hall–Kier alpha value is -0.640. The van der Waals surface area contributed by atoms with E-state index in [2.05, 4.69) is 0 Å². The number of hydrogen-bond acceptors (Lipinski definition) is 3. The lowest BCUT2D eigenvalue weighted by Crippen LogP contribution is -2.34. The molecule has 104 valence electrons. The van der Waals surface area contributed by atoms with Crippen LogP contribution in [0.1, 0.15) is 40.0 Å². The van der Waals surface area contributed by atoms with Crippen LogP contribution in [0.3, 0.4) is 0 Å². The average Bonchev–Trinajstić information content (AvgIpc) is 2.61. The summed E-state index contributed by atoms with van der Waals surface area (Å²) >= 11 is 0. The fraction of sp³-hybridized carbons (Fsp3) is 0.733. The first-order chi connectivity index (χ1) is 8.42. The summed E-state index contributed by atoms with van der Waals surface area (Å²) in [5.74, 6) is 0.109. The van der Waals surface area contributed by atoms with Crippen molar-refractivity contribution >= 4 is 0 Å². The molecule has 1 saturated carbocycles. The molecule has 4 atom stereocenters. The van der Waals surface area contributed by atoms with Crippen LogP contribution in [0.5, 0.6) is 0 Å². The van der Waals surface area contributed by atoms with Crippen molar-refractivity contribution in [2.75, 3.05) is 6.61 Å². The van der Waals surface area contributed by atoms with Crippen LogP contribution >= 0.6 is 0 Å². The highest BCUT2D eigenvalue weighted by Crippen LogP contribution is 2.43. The van der Waals surface area contributed by atoms with Crippen LogP contribution < -0.4 is 0 Å². The van der Waals surface area contributed by atoms with Crippen molar-refractivity contribution in [3.63, 3.8) is 0 Å². The minimum Gasteiger partial charge on any atom is -0.393 e. The largest absolute Gasteiger partial charge is 0.393 e. The van der Waals surface area contributed by atoms with E-state index in [4.69, 9.17) is 5.11 Å². The SMILES string of the molecule is CCC(O)C1CCC(C)(O)C1C=CC(C)=CCO. The van der Waals surface area contributed by atoms with E-state index in [9.17, 15) is 10.2 Å². The van der Waals surface area contributed by atoms with Gasteiger partial charge in [0.05, 0.1) is 18.3 Å². The lowest BCUT2D eigenvalue weighted by molar-refractivity contribution is 0.00718. The van der Waals surface area contributed by atoms with E-state index in [-0.39, 0.29) is 24.5 Å². The van der Waals surface area contributed by atoms with E-state index in [1.54, 1.807) is 6.08 Å². The van der Waals surface area contributed by atoms with Crippen LogP contribution in [-0.2, 0) is 0 Å². The molecule has 0 saturated heterocycles. The molecule has 0 aliphatic heterocycles. The number of aliphatic hydroxyl groups excluding tert-OH is 2. The van der Waals surface area contributed by atoms with E-state index in [1.165, 1.54) is 0 Å². The Morgan fingerprint density at radius 1 is 1.50 bits per heavy atom. The summed E-state index contributed by atoms with van der Waals surface area (Å²) in [6.45, 7) is 5.75. The van der Waals surface area contributed by atoms with Gasteiger partial charge >= 0.3 is 0 Å². The second-order valence-corrected chi connectivity index (χ2v) is 5.55. The summed E-state index contributed by atoms with van der Waals surface area (Å²) in [6, 6.07) is 0. The van der Waals surface area contributed by atoms with Gasteiger partial charge in [-0.2, -0.15) is 0 Å². The molecule has 1 aliphatic carbocycles. The first-order valence-electron chi connectivity index (χ1n) is 6.78. The van der Waals surface area contributed by atoms with Gasteiger partial charge in [0.15, 0.2) is 0 Å². The highest BCUT2D eigenvalue weighted by atomic mass is 16.3. The molecule has 1 aliphatic rings. The third-order valence-electron chi connectivity index (χ3n) is 4.06. The fourth-order valence-corrected chi connectivity index (χ4v) is 2.82. The smallest absolute Gasteiger partial charge is 0.0685 e. The molecular weight excluding hydrogens is 228 g/mol. The summed E-state index contributed by atoms with van der Waals surface area (Å²) < 4.78 is 0. The molecule has 3 nitrogen and oxygen atoms in total. The molecule has 0 aromatic rings. The van der Waals surface area contributed by atoms with E-state index in [0.717, 1.165) is 24.8 Å². The molecular formula is C15H26O3. The monoisotopic (exact) mass is 254 g/mol. The van der Waals surface area contributed by atoms with E-state index >= 15 is 0 Å². The molecule has 3 N–H and O–H groups in total. The van der Waals surface area contributed by atoms with Gasteiger partial charge in [-0.1, -0.05) is 30.7 Å². The molecule has 3 heteroatoms. The Kier molecular flexibility index (Phi) is 5.57. The quantitative estimate of drug-likeness (QED) is 0.658. The molecule has 18 heavy (non-hydrogen) atoms. The summed E-state index contributed by atoms with van der Waals surface area (Å²) in [6.07, 6.45) is 7.60. The highest BCUT2D eigenvalue weighted by molar-refractivity contribution is 5.19. The predicted molar refractivity (Wildman–Crippen MR) is 73.1 cm³/mol. The Labute approximate surface area is 110 Å². The maximum atomic E-state index is 10.4. The van der Waals surface area contributed by atoms with Gasteiger partial charge < -0.3 is 15.3 Å². The van der Waals surface area contributed by atoms with Gasteiger partial charge in [-0.15, -0.1) is 0 Å². The molecule has 0 spiro atoms. The van der Waals surface area contributed by atoms with Crippen molar-refractivity contribution in [2.45, 2.75) is 51.7 Å². The van der Waals surface area contributed by atoms with Gasteiger partial charge in [0.2, 0.25) is 0 Å². The summed E-state index contributed by atoms with van der Waals surface area (Å²) in [5.41, 5.74) is 0.238. The normalized spacial score (nSPS) is 35.3. The second kappa shape index (κ2) is 6.50. The van der Waals surface area contributed by atoms with Crippen molar-refractivity contribution in [3.05, 3.63) is 23.8 Å².